The molecule has 0 bridgehead atoms. The van der Waals surface area contributed by atoms with Gasteiger partial charge in [-0.15, -0.1) is 0 Å². The number of amides is 1. The number of benzene rings is 1. The van der Waals surface area contributed by atoms with E-state index < -0.39 is 0 Å². The van der Waals surface area contributed by atoms with Gasteiger partial charge < -0.3 is 21.1 Å². The fourth-order valence-corrected chi connectivity index (χ4v) is 1.18. The predicted octanol–water partition coefficient (Wildman–Crippen LogP) is 0.266. The van der Waals surface area contributed by atoms with Crippen molar-refractivity contribution in [3.05, 3.63) is 23.8 Å². The van der Waals surface area contributed by atoms with Gasteiger partial charge in [0.2, 0.25) is 0 Å². The summed E-state index contributed by atoms with van der Waals surface area (Å²) < 4.78 is 0. The molecule has 5 heteroatoms. The highest BCUT2D eigenvalue weighted by Crippen LogP contribution is 2.20. The number of carbonyl (C=O) groups is 1. The molecule has 1 amide bonds. The standard InChI is InChI=1S/C11H17N3O2/c1-14(2)6-5-13-11(16)8-3-4-9(12)10(15)7-8/h3-4,7,15H,5-6,12H2,1-2H3,(H,13,16). The number of anilines is 1. The molecular formula is C11H17N3O2. The monoisotopic (exact) mass is 223 g/mol. The first-order valence-corrected chi connectivity index (χ1v) is 5.02. The number of phenols is 1. The van der Waals surface area contributed by atoms with Crippen LogP contribution in [-0.2, 0) is 0 Å². The van der Waals surface area contributed by atoms with Crippen LogP contribution in [0.2, 0.25) is 0 Å². The molecule has 1 aromatic rings. The zero-order valence-electron chi connectivity index (χ0n) is 9.53. The van der Waals surface area contributed by atoms with E-state index in [1.807, 2.05) is 19.0 Å². The van der Waals surface area contributed by atoms with Crippen LogP contribution in [-0.4, -0.2) is 43.1 Å². The molecule has 0 saturated heterocycles. The third-order valence-electron chi connectivity index (χ3n) is 2.14. The van der Waals surface area contributed by atoms with Gasteiger partial charge in [-0.2, -0.15) is 0 Å². The number of nitrogen functional groups attached to an aromatic ring is 1. The summed E-state index contributed by atoms with van der Waals surface area (Å²) >= 11 is 0. The van der Waals surface area contributed by atoms with Crippen molar-refractivity contribution in [2.45, 2.75) is 0 Å². The molecule has 0 radical (unpaired) electrons. The lowest BCUT2D eigenvalue weighted by molar-refractivity contribution is 0.0950. The highest BCUT2D eigenvalue weighted by Gasteiger charge is 2.07. The van der Waals surface area contributed by atoms with Crippen molar-refractivity contribution in [3.63, 3.8) is 0 Å². The molecule has 0 aliphatic carbocycles. The van der Waals surface area contributed by atoms with Crippen molar-refractivity contribution < 1.29 is 9.90 Å². The summed E-state index contributed by atoms with van der Waals surface area (Å²) in [5.41, 5.74) is 6.12. The molecule has 88 valence electrons. The second kappa shape index (κ2) is 5.37. The van der Waals surface area contributed by atoms with E-state index in [1.165, 1.54) is 12.1 Å². The van der Waals surface area contributed by atoms with Crippen LogP contribution in [0.4, 0.5) is 5.69 Å². The SMILES string of the molecule is CN(C)CCNC(=O)c1ccc(N)c(O)c1. The lowest BCUT2D eigenvalue weighted by Gasteiger charge is -2.10. The zero-order chi connectivity index (χ0) is 12.1. The Bertz CT molecular complexity index is 377. The number of aromatic hydroxyl groups is 1. The summed E-state index contributed by atoms with van der Waals surface area (Å²) in [4.78, 5) is 13.6. The van der Waals surface area contributed by atoms with Crippen molar-refractivity contribution in [2.75, 3.05) is 32.9 Å². The van der Waals surface area contributed by atoms with Crippen LogP contribution in [0, 0.1) is 0 Å². The quantitative estimate of drug-likeness (QED) is 0.505. The van der Waals surface area contributed by atoms with E-state index in [2.05, 4.69) is 5.32 Å². The van der Waals surface area contributed by atoms with Crippen molar-refractivity contribution in [1.82, 2.24) is 10.2 Å². The lowest BCUT2D eigenvalue weighted by Crippen LogP contribution is -2.31. The van der Waals surface area contributed by atoms with E-state index in [4.69, 9.17) is 5.73 Å². The fraction of sp³-hybridized carbons (Fsp3) is 0.364. The molecule has 1 aromatic carbocycles. The van der Waals surface area contributed by atoms with Crippen molar-refractivity contribution in [1.29, 1.82) is 0 Å². The molecule has 1 rings (SSSR count). The number of hydrogen-bond acceptors (Lipinski definition) is 4. The third kappa shape index (κ3) is 3.43. The van der Waals surface area contributed by atoms with Gasteiger partial charge >= 0.3 is 0 Å². The molecule has 4 N–H and O–H groups in total. The smallest absolute Gasteiger partial charge is 0.251 e. The average Bonchev–Trinajstić information content (AvgIpc) is 2.21. The van der Waals surface area contributed by atoms with Crippen LogP contribution >= 0.6 is 0 Å². The summed E-state index contributed by atoms with van der Waals surface area (Å²) in [6.45, 7) is 1.34. The summed E-state index contributed by atoms with van der Waals surface area (Å²) in [5, 5.41) is 12.1. The van der Waals surface area contributed by atoms with E-state index in [1.54, 1.807) is 6.07 Å². The third-order valence-corrected chi connectivity index (χ3v) is 2.14. The molecule has 5 nitrogen and oxygen atoms in total. The largest absolute Gasteiger partial charge is 0.506 e. The first-order chi connectivity index (χ1) is 7.50. The second-order valence-corrected chi connectivity index (χ2v) is 3.83. The van der Waals surface area contributed by atoms with Crippen LogP contribution in [0.15, 0.2) is 18.2 Å². The Morgan fingerprint density at radius 2 is 2.19 bits per heavy atom. The van der Waals surface area contributed by atoms with E-state index in [9.17, 15) is 9.90 Å². The Balaban J connectivity index is 2.56. The van der Waals surface area contributed by atoms with E-state index in [-0.39, 0.29) is 17.3 Å². The maximum absolute atomic E-state index is 11.6. The lowest BCUT2D eigenvalue weighted by atomic mass is 10.2. The van der Waals surface area contributed by atoms with Gasteiger partial charge in [0.15, 0.2) is 0 Å². The van der Waals surface area contributed by atoms with Crippen molar-refractivity contribution in [3.8, 4) is 5.75 Å². The van der Waals surface area contributed by atoms with Gasteiger partial charge in [-0.3, -0.25) is 4.79 Å². The molecule has 16 heavy (non-hydrogen) atoms. The number of nitrogens with zero attached hydrogens (tertiary/aromatic N) is 1. The summed E-state index contributed by atoms with van der Waals surface area (Å²) in [6.07, 6.45) is 0. The highest BCUT2D eigenvalue weighted by atomic mass is 16.3. The first kappa shape index (κ1) is 12.3. The van der Waals surface area contributed by atoms with Crippen LogP contribution in [0.3, 0.4) is 0 Å². The van der Waals surface area contributed by atoms with Gasteiger partial charge in [-0.05, 0) is 32.3 Å². The molecule has 0 aromatic heterocycles. The van der Waals surface area contributed by atoms with Gasteiger partial charge in [0.05, 0.1) is 5.69 Å². The molecule has 0 spiro atoms. The van der Waals surface area contributed by atoms with E-state index >= 15 is 0 Å². The number of hydrogen-bond donors (Lipinski definition) is 3. The first-order valence-electron chi connectivity index (χ1n) is 5.02. The Hall–Kier alpha value is -1.75. The molecule has 0 atom stereocenters. The zero-order valence-corrected chi connectivity index (χ0v) is 9.53. The van der Waals surface area contributed by atoms with Crippen molar-refractivity contribution in [2.24, 2.45) is 0 Å². The van der Waals surface area contributed by atoms with Gasteiger partial charge in [0, 0.05) is 18.7 Å². The topological polar surface area (TPSA) is 78.6 Å². The minimum Gasteiger partial charge on any atom is -0.506 e. The van der Waals surface area contributed by atoms with E-state index in [0.717, 1.165) is 6.54 Å². The summed E-state index contributed by atoms with van der Waals surface area (Å²) in [5.74, 6) is -0.280. The van der Waals surface area contributed by atoms with Crippen LogP contribution in [0.5, 0.6) is 5.75 Å². The maximum Gasteiger partial charge on any atom is 0.251 e. The number of phenolic OH excluding ortho intramolecular Hbond substituents is 1. The van der Waals surface area contributed by atoms with Gasteiger partial charge in [0.25, 0.3) is 5.91 Å². The molecule has 0 heterocycles. The number of carbonyl (C=O) groups excluding carboxylic acids is 1. The number of nitrogens with one attached hydrogen (secondary N) is 1. The molecule has 0 aliphatic rings. The predicted molar refractivity (Wildman–Crippen MR) is 63.4 cm³/mol. The average molecular weight is 223 g/mol. The van der Waals surface area contributed by atoms with Crippen LogP contribution in [0.1, 0.15) is 10.4 Å². The molecular weight excluding hydrogens is 206 g/mol. The van der Waals surface area contributed by atoms with Crippen molar-refractivity contribution >= 4 is 11.6 Å². The minimum atomic E-state index is -0.211. The summed E-state index contributed by atoms with van der Waals surface area (Å²) in [7, 11) is 3.86. The summed E-state index contributed by atoms with van der Waals surface area (Å²) in [6, 6.07) is 4.45. The maximum atomic E-state index is 11.6. The highest BCUT2D eigenvalue weighted by molar-refractivity contribution is 5.95. The normalized spacial score (nSPS) is 10.4. The Labute approximate surface area is 94.9 Å². The molecule has 0 fully saturated rings. The molecule has 0 saturated carbocycles. The Morgan fingerprint density at radius 3 is 2.75 bits per heavy atom. The van der Waals surface area contributed by atoms with Gasteiger partial charge in [-0.1, -0.05) is 0 Å². The Morgan fingerprint density at radius 1 is 1.50 bits per heavy atom. The molecule has 0 unspecified atom stereocenters. The molecule has 0 aliphatic heterocycles. The second-order valence-electron chi connectivity index (χ2n) is 3.83. The fourth-order valence-electron chi connectivity index (χ4n) is 1.18. The Kier molecular flexibility index (Phi) is 4.13. The number of likely N-dealkylation sites (N-methyl/N-ethyl adjacent to an activating group) is 1. The van der Waals surface area contributed by atoms with Crippen LogP contribution < -0.4 is 11.1 Å². The minimum absolute atomic E-state index is 0.0692. The van der Waals surface area contributed by atoms with E-state index in [0.29, 0.717) is 12.1 Å². The van der Waals surface area contributed by atoms with Gasteiger partial charge in [0.1, 0.15) is 5.75 Å². The number of nitrogens with two attached hydrogens (primary N) is 1. The number of rotatable bonds is 4. The van der Waals surface area contributed by atoms with Gasteiger partial charge in [-0.25, -0.2) is 0 Å². The van der Waals surface area contributed by atoms with Crippen LogP contribution in [0.25, 0.3) is 0 Å².